The molecule has 2 nitrogen and oxygen atoms in total. The lowest BCUT2D eigenvalue weighted by Crippen LogP contribution is -2.35. The lowest BCUT2D eigenvalue weighted by Gasteiger charge is -2.31. The highest BCUT2D eigenvalue weighted by Gasteiger charge is 2.25. The van der Waals surface area contributed by atoms with Gasteiger partial charge in [0.1, 0.15) is 0 Å². The maximum Gasteiger partial charge on any atom is 0.0482 e. The van der Waals surface area contributed by atoms with Crippen LogP contribution in [0.15, 0.2) is 22.7 Å². The van der Waals surface area contributed by atoms with Gasteiger partial charge in [-0.2, -0.15) is 0 Å². The zero-order valence-electron chi connectivity index (χ0n) is 13.0. The van der Waals surface area contributed by atoms with E-state index in [0.717, 1.165) is 34.4 Å². The molecule has 1 aliphatic heterocycles. The Morgan fingerprint density at radius 3 is 2.76 bits per heavy atom. The summed E-state index contributed by atoms with van der Waals surface area (Å²) in [5.74, 6) is 1.62. The second-order valence-corrected chi connectivity index (χ2v) is 7.68. The molecule has 2 rings (SSSR count). The van der Waals surface area contributed by atoms with E-state index in [9.17, 15) is 0 Å². The van der Waals surface area contributed by atoms with Gasteiger partial charge in [-0.05, 0) is 68.0 Å². The van der Waals surface area contributed by atoms with Gasteiger partial charge in [0.05, 0.1) is 0 Å². The second-order valence-electron chi connectivity index (χ2n) is 6.39. The van der Waals surface area contributed by atoms with Gasteiger partial charge in [-0.25, -0.2) is 0 Å². The summed E-state index contributed by atoms with van der Waals surface area (Å²) in [5, 5.41) is 0.779. The summed E-state index contributed by atoms with van der Waals surface area (Å²) in [5.41, 5.74) is 7.31. The van der Waals surface area contributed by atoms with Crippen LogP contribution in [-0.2, 0) is 0 Å². The molecule has 1 aromatic rings. The summed E-state index contributed by atoms with van der Waals surface area (Å²) in [6, 6.07) is 6.24. The highest BCUT2D eigenvalue weighted by atomic mass is 79.9. The average molecular weight is 374 g/mol. The quantitative estimate of drug-likeness (QED) is 0.816. The Morgan fingerprint density at radius 1 is 1.33 bits per heavy atom. The molecular weight excluding hydrogens is 348 g/mol. The number of halogens is 2. The molecule has 0 amide bonds. The Balaban J connectivity index is 2.15. The van der Waals surface area contributed by atoms with Crippen LogP contribution >= 0.6 is 27.5 Å². The summed E-state index contributed by atoms with van der Waals surface area (Å²) >= 11 is 9.83. The molecule has 0 aromatic heterocycles. The van der Waals surface area contributed by atoms with Crippen molar-refractivity contribution in [3.8, 4) is 0 Å². The van der Waals surface area contributed by atoms with E-state index in [1.165, 1.54) is 24.8 Å². The van der Waals surface area contributed by atoms with Crippen LogP contribution in [0.1, 0.15) is 44.7 Å². The Labute approximate surface area is 142 Å². The zero-order valence-corrected chi connectivity index (χ0v) is 15.3. The highest BCUT2D eigenvalue weighted by molar-refractivity contribution is 9.10. The Kier molecular flexibility index (Phi) is 6.54. The third-order valence-electron chi connectivity index (χ3n) is 4.73. The third-order valence-corrected chi connectivity index (χ3v) is 5.69. The molecule has 2 atom stereocenters. The lowest BCUT2D eigenvalue weighted by atomic mass is 9.89. The Bertz CT molecular complexity index is 464. The van der Waals surface area contributed by atoms with E-state index in [4.69, 9.17) is 17.3 Å². The molecule has 1 aliphatic rings. The minimum absolute atomic E-state index is 0.254. The summed E-state index contributed by atoms with van der Waals surface area (Å²) < 4.78 is 1.10. The van der Waals surface area contributed by atoms with Gasteiger partial charge in [-0.15, -0.1) is 0 Å². The van der Waals surface area contributed by atoms with E-state index in [1.807, 2.05) is 18.2 Å². The zero-order chi connectivity index (χ0) is 15.4. The fourth-order valence-electron chi connectivity index (χ4n) is 3.37. The van der Waals surface area contributed by atoms with Crippen LogP contribution in [0.25, 0.3) is 0 Å². The van der Waals surface area contributed by atoms with Crippen LogP contribution in [0.4, 0.5) is 0 Å². The molecule has 1 heterocycles. The summed E-state index contributed by atoms with van der Waals surface area (Å²) in [6.07, 6.45) is 3.87. The van der Waals surface area contributed by atoms with Gasteiger partial charge in [0.25, 0.3) is 0 Å². The van der Waals surface area contributed by atoms with Crippen LogP contribution in [0.5, 0.6) is 0 Å². The monoisotopic (exact) mass is 372 g/mol. The van der Waals surface area contributed by atoms with Crippen molar-refractivity contribution in [1.82, 2.24) is 4.90 Å². The first-order chi connectivity index (χ1) is 10.0. The largest absolute Gasteiger partial charge is 0.329 e. The van der Waals surface area contributed by atoms with E-state index in [1.54, 1.807) is 0 Å². The smallest absolute Gasteiger partial charge is 0.0482 e. The summed E-state index contributed by atoms with van der Waals surface area (Å²) in [6.45, 7) is 7.57. The Morgan fingerprint density at radius 2 is 2.10 bits per heavy atom. The summed E-state index contributed by atoms with van der Waals surface area (Å²) in [4.78, 5) is 2.54. The molecule has 21 heavy (non-hydrogen) atoms. The third kappa shape index (κ3) is 4.44. The molecule has 0 saturated carbocycles. The number of hydrogen-bond donors (Lipinski definition) is 1. The van der Waals surface area contributed by atoms with E-state index in [0.29, 0.717) is 6.54 Å². The van der Waals surface area contributed by atoms with Crippen molar-refractivity contribution in [3.05, 3.63) is 33.3 Å². The van der Waals surface area contributed by atoms with Gasteiger partial charge in [0, 0.05) is 22.1 Å². The van der Waals surface area contributed by atoms with Gasteiger partial charge in [-0.1, -0.05) is 41.4 Å². The van der Waals surface area contributed by atoms with Gasteiger partial charge < -0.3 is 5.73 Å². The molecular formula is C17H26BrClN2. The number of benzene rings is 1. The molecule has 0 aliphatic carbocycles. The second kappa shape index (κ2) is 7.96. The first-order valence-electron chi connectivity index (χ1n) is 7.92. The van der Waals surface area contributed by atoms with Crippen LogP contribution in [-0.4, -0.2) is 24.5 Å². The molecule has 0 radical (unpaired) electrons. The molecule has 1 fully saturated rings. The minimum atomic E-state index is 0.254. The molecule has 0 spiro atoms. The fraction of sp³-hybridized carbons (Fsp3) is 0.647. The number of nitrogens with zero attached hydrogens (tertiary/aromatic N) is 1. The van der Waals surface area contributed by atoms with E-state index in [-0.39, 0.29) is 6.04 Å². The van der Waals surface area contributed by atoms with E-state index < -0.39 is 0 Å². The van der Waals surface area contributed by atoms with Gasteiger partial charge in [-0.3, -0.25) is 4.90 Å². The standard InChI is InChI=1S/C17H26BrClN2/c1-12(2)13-4-3-8-21(9-7-13)17(11-20)15-10-14(19)5-6-16(15)18/h5-6,10,12-13,17H,3-4,7-9,11,20H2,1-2H3. The maximum atomic E-state index is 6.17. The van der Waals surface area contributed by atoms with Crippen LogP contribution in [0.3, 0.4) is 0 Å². The predicted octanol–water partition coefficient (Wildman–Crippen LogP) is 4.86. The van der Waals surface area contributed by atoms with Crippen molar-refractivity contribution in [2.75, 3.05) is 19.6 Å². The van der Waals surface area contributed by atoms with Gasteiger partial charge >= 0.3 is 0 Å². The molecule has 2 unspecified atom stereocenters. The van der Waals surface area contributed by atoms with Crippen LogP contribution < -0.4 is 5.73 Å². The van der Waals surface area contributed by atoms with E-state index in [2.05, 4.69) is 34.7 Å². The number of hydrogen-bond acceptors (Lipinski definition) is 2. The molecule has 0 bridgehead atoms. The van der Waals surface area contributed by atoms with Crippen molar-refractivity contribution in [3.63, 3.8) is 0 Å². The number of nitrogens with two attached hydrogens (primary N) is 1. The molecule has 4 heteroatoms. The number of likely N-dealkylation sites (tertiary alicyclic amines) is 1. The van der Waals surface area contributed by atoms with Crippen molar-refractivity contribution >= 4 is 27.5 Å². The maximum absolute atomic E-state index is 6.17. The molecule has 118 valence electrons. The van der Waals surface area contributed by atoms with Gasteiger partial charge in [0.15, 0.2) is 0 Å². The molecule has 1 saturated heterocycles. The fourth-order valence-corrected chi connectivity index (χ4v) is 4.06. The topological polar surface area (TPSA) is 29.3 Å². The predicted molar refractivity (Wildman–Crippen MR) is 94.7 cm³/mol. The van der Waals surface area contributed by atoms with E-state index >= 15 is 0 Å². The first-order valence-corrected chi connectivity index (χ1v) is 9.09. The van der Waals surface area contributed by atoms with Crippen molar-refractivity contribution in [2.45, 2.75) is 39.2 Å². The summed E-state index contributed by atoms with van der Waals surface area (Å²) in [7, 11) is 0. The first kappa shape index (κ1) is 17.3. The van der Waals surface area contributed by atoms with Crippen molar-refractivity contribution in [2.24, 2.45) is 17.6 Å². The van der Waals surface area contributed by atoms with Crippen molar-refractivity contribution < 1.29 is 0 Å². The highest BCUT2D eigenvalue weighted by Crippen LogP contribution is 2.33. The minimum Gasteiger partial charge on any atom is -0.329 e. The number of rotatable bonds is 4. The molecule has 2 N–H and O–H groups in total. The SMILES string of the molecule is CC(C)C1CCCN(C(CN)c2cc(Cl)ccc2Br)CC1. The normalized spacial score (nSPS) is 22.3. The van der Waals surface area contributed by atoms with Crippen LogP contribution in [0, 0.1) is 11.8 Å². The lowest BCUT2D eigenvalue weighted by molar-refractivity contribution is 0.203. The van der Waals surface area contributed by atoms with Crippen molar-refractivity contribution in [1.29, 1.82) is 0 Å². The van der Waals surface area contributed by atoms with Gasteiger partial charge in [0.2, 0.25) is 0 Å². The Hall–Kier alpha value is -0.0900. The average Bonchev–Trinajstić information content (AvgIpc) is 2.70. The molecule has 1 aromatic carbocycles. The van der Waals surface area contributed by atoms with Crippen LogP contribution in [0.2, 0.25) is 5.02 Å².